The summed E-state index contributed by atoms with van der Waals surface area (Å²) in [7, 11) is 5.78. The number of aromatic amines is 1. The zero-order chi connectivity index (χ0) is 27.4. The van der Waals surface area contributed by atoms with Gasteiger partial charge in [-0.1, -0.05) is 12.1 Å². The summed E-state index contributed by atoms with van der Waals surface area (Å²) in [6.07, 6.45) is 0. The van der Waals surface area contributed by atoms with E-state index in [1.54, 1.807) is 42.5 Å². The topological polar surface area (TPSA) is 121 Å². The summed E-state index contributed by atoms with van der Waals surface area (Å²) < 4.78 is 22.3. The first-order valence-electron chi connectivity index (χ1n) is 11.3. The number of esters is 1. The molecule has 0 aliphatic rings. The molecule has 0 aliphatic heterocycles. The second kappa shape index (κ2) is 11.2. The smallest absolute Gasteiger partial charge is 0.337 e. The number of amides is 1. The highest BCUT2D eigenvalue weighted by Gasteiger charge is 2.16. The molecule has 10 nitrogen and oxygen atoms in total. The summed E-state index contributed by atoms with van der Waals surface area (Å²) in [6.45, 7) is 0.192. The molecule has 0 saturated carbocycles. The predicted molar refractivity (Wildman–Crippen MR) is 144 cm³/mol. The lowest BCUT2D eigenvalue weighted by molar-refractivity contribution is 0.0600. The van der Waals surface area contributed by atoms with Crippen molar-refractivity contribution < 1.29 is 28.5 Å². The van der Waals surface area contributed by atoms with E-state index in [1.165, 1.54) is 45.1 Å². The molecule has 196 valence electrons. The number of anilines is 1. The number of hydrogen-bond donors (Lipinski definition) is 2. The van der Waals surface area contributed by atoms with E-state index in [-0.39, 0.29) is 22.8 Å². The fourth-order valence-corrected chi connectivity index (χ4v) is 4.20. The van der Waals surface area contributed by atoms with E-state index in [9.17, 15) is 14.4 Å². The lowest BCUT2D eigenvalue weighted by Gasteiger charge is -2.14. The number of nitrogens with one attached hydrogen (secondary N) is 2. The summed E-state index contributed by atoms with van der Waals surface area (Å²) in [5.41, 5.74) is 2.10. The normalized spacial score (nSPS) is 10.6. The first-order chi connectivity index (χ1) is 18.3. The Bertz CT molecular complexity index is 1620. The quantitative estimate of drug-likeness (QED) is 0.255. The average molecular weight is 536 g/mol. The Morgan fingerprint density at radius 3 is 2.11 bits per heavy atom. The van der Waals surface area contributed by atoms with Crippen molar-refractivity contribution in [2.45, 2.75) is 6.54 Å². The number of rotatable bonds is 8. The van der Waals surface area contributed by atoms with E-state index in [4.69, 9.17) is 31.2 Å². The largest absolute Gasteiger partial charge is 0.493 e. The third-order valence-electron chi connectivity index (χ3n) is 5.88. The summed E-state index contributed by atoms with van der Waals surface area (Å²) >= 11 is 5.40. The molecule has 4 aromatic rings. The molecular formula is C27H25N3O7S. The van der Waals surface area contributed by atoms with Gasteiger partial charge in [0.05, 0.1) is 51.5 Å². The highest BCUT2D eigenvalue weighted by Crippen LogP contribution is 2.40. The summed E-state index contributed by atoms with van der Waals surface area (Å²) in [5, 5.41) is 3.20. The molecule has 1 aromatic heterocycles. The van der Waals surface area contributed by atoms with Gasteiger partial charge in [0.25, 0.3) is 11.5 Å². The fraction of sp³-hybridized carbons (Fsp3) is 0.185. The van der Waals surface area contributed by atoms with Crippen LogP contribution < -0.4 is 25.1 Å². The molecule has 4 rings (SSSR count). The highest BCUT2D eigenvalue weighted by molar-refractivity contribution is 7.71. The molecule has 0 radical (unpaired) electrons. The zero-order valence-corrected chi connectivity index (χ0v) is 21.9. The van der Waals surface area contributed by atoms with Crippen molar-refractivity contribution in [3.8, 4) is 17.2 Å². The van der Waals surface area contributed by atoms with Gasteiger partial charge in [-0.15, -0.1) is 0 Å². The van der Waals surface area contributed by atoms with Gasteiger partial charge in [0.15, 0.2) is 16.3 Å². The van der Waals surface area contributed by atoms with E-state index in [1.807, 2.05) is 0 Å². The van der Waals surface area contributed by atoms with Gasteiger partial charge in [0.2, 0.25) is 5.75 Å². The van der Waals surface area contributed by atoms with Gasteiger partial charge in [0, 0.05) is 23.4 Å². The second-order valence-electron chi connectivity index (χ2n) is 8.14. The molecule has 38 heavy (non-hydrogen) atoms. The Morgan fingerprint density at radius 1 is 0.895 bits per heavy atom. The Kier molecular flexibility index (Phi) is 7.77. The zero-order valence-electron chi connectivity index (χ0n) is 21.1. The molecule has 11 heteroatoms. The van der Waals surface area contributed by atoms with Crippen molar-refractivity contribution >= 4 is 40.7 Å². The van der Waals surface area contributed by atoms with Crippen molar-refractivity contribution in [2.24, 2.45) is 0 Å². The molecule has 1 amide bonds. The van der Waals surface area contributed by atoms with Crippen molar-refractivity contribution in [3.05, 3.63) is 86.4 Å². The summed E-state index contributed by atoms with van der Waals surface area (Å²) in [5.74, 6) is 0.397. The van der Waals surface area contributed by atoms with Crippen LogP contribution in [0.2, 0.25) is 0 Å². The minimum Gasteiger partial charge on any atom is -0.493 e. The Balaban J connectivity index is 1.55. The third-order valence-corrected chi connectivity index (χ3v) is 6.20. The number of benzene rings is 3. The minimum absolute atomic E-state index is 0.192. The van der Waals surface area contributed by atoms with E-state index in [2.05, 4.69) is 10.3 Å². The molecule has 0 saturated heterocycles. The highest BCUT2D eigenvalue weighted by atomic mass is 32.1. The SMILES string of the molecule is COC(=O)c1ccc2c(=O)n(Cc3ccc(C(=O)Nc4cc(OC)c(OC)c(OC)c4)cc3)c(=S)[nH]c2c1. The average Bonchev–Trinajstić information content (AvgIpc) is 2.94. The van der Waals surface area contributed by atoms with Gasteiger partial charge in [0.1, 0.15) is 0 Å². The molecule has 0 unspecified atom stereocenters. The predicted octanol–water partition coefficient (Wildman–Crippen LogP) is 4.17. The van der Waals surface area contributed by atoms with Gasteiger partial charge >= 0.3 is 5.97 Å². The first kappa shape index (κ1) is 26.4. The Morgan fingerprint density at radius 2 is 1.53 bits per heavy atom. The standard InChI is InChI=1S/C27H25N3O7S/c1-34-21-12-18(13-22(35-2)23(21)36-3)28-24(31)16-7-5-15(6-8-16)14-30-25(32)19-10-9-17(26(33)37-4)11-20(19)29-27(30)38/h5-13H,14H2,1-4H3,(H,28,31)(H,29,38). The van der Waals surface area contributed by atoms with Crippen LogP contribution in [0.5, 0.6) is 17.2 Å². The second-order valence-corrected chi connectivity index (χ2v) is 8.53. The molecule has 3 aromatic carbocycles. The van der Waals surface area contributed by atoms with Crippen LogP contribution in [0, 0.1) is 4.77 Å². The summed E-state index contributed by atoms with van der Waals surface area (Å²) in [4.78, 5) is 40.8. The lowest BCUT2D eigenvalue weighted by Crippen LogP contribution is -2.23. The fourth-order valence-electron chi connectivity index (χ4n) is 3.94. The maximum atomic E-state index is 13.1. The number of H-pyrrole nitrogens is 1. The van der Waals surface area contributed by atoms with Gasteiger partial charge in [-0.2, -0.15) is 0 Å². The molecule has 0 spiro atoms. The van der Waals surface area contributed by atoms with Crippen LogP contribution in [-0.4, -0.2) is 49.9 Å². The number of ether oxygens (including phenoxy) is 4. The maximum absolute atomic E-state index is 13.1. The van der Waals surface area contributed by atoms with Crippen molar-refractivity contribution in [1.82, 2.24) is 9.55 Å². The Hall–Kier alpha value is -4.64. The molecule has 1 heterocycles. The molecule has 0 fully saturated rings. The lowest BCUT2D eigenvalue weighted by atomic mass is 10.1. The van der Waals surface area contributed by atoms with Gasteiger partial charge < -0.3 is 29.2 Å². The molecule has 0 bridgehead atoms. The van der Waals surface area contributed by atoms with Gasteiger partial charge in [-0.3, -0.25) is 14.2 Å². The van der Waals surface area contributed by atoms with Crippen LogP contribution in [-0.2, 0) is 11.3 Å². The van der Waals surface area contributed by atoms with Gasteiger partial charge in [-0.25, -0.2) is 4.79 Å². The van der Waals surface area contributed by atoms with Crippen molar-refractivity contribution in [3.63, 3.8) is 0 Å². The van der Waals surface area contributed by atoms with E-state index < -0.39 is 5.97 Å². The van der Waals surface area contributed by atoms with Crippen LogP contribution in [0.25, 0.3) is 10.9 Å². The van der Waals surface area contributed by atoms with Gasteiger partial charge in [-0.05, 0) is 48.1 Å². The number of carbonyl (C=O) groups excluding carboxylic acids is 2. The van der Waals surface area contributed by atoms with Crippen molar-refractivity contribution in [1.29, 1.82) is 0 Å². The number of carbonyl (C=O) groups is 2. The van der Waals surface area contributed by atoms with E-state index >= 15 is 0 Å². The van der Waals surface area contributed by atoms with Crippen LogP contribution in [0.15, 0.2) is 59.4 Å². The number of fused-ring (bicyclic) bond motifs is 1. The molecule has 2 N–H and O–H groups in total. The number of aromatic nitrogens is 2. The van der Waals surface area contributed by atoms with Crippen LogP contribution >= 0.6 is 12.2 Å². The molecular weight excluding hydrogens is 510 g/mol. The Labute approximate surface area is 222 Å². The van der Waals surface area contributed by atoms with Crippen LogP contribution in [0.1, 0.15) is 26.3 Å². The van der Waals surface area contributed by atoms with Crippen LogP contribution in [0.3, 0.4) is 0 Å². The molecule has 0 aliphatic carbocycles. The minimum atomic E-state index is -0.509. The van der Waals surface area contributed by atoms with E-state index in [0.717, 1.165) is 5.56 Å². The first-order valence-corrected chi connectivity index (χ1v) is 11.8. The van der Waals surface area contributed by atoms with Crippen molar-refractivity contribution in [2.75, 3.05) is 33.8 Å². The maximum Gasteiger partial charge on any atom is 0.337 e. The van der Waals surface area contributed by atoms with E-state index in [0.29, 0.717) is 45.0 Å². The monoisotopic (exact) mass is 535 g/mol. The molecule has 0 atom stereocenters. The third kappa shape index (κ3) is 5.23. The summed E-state index contributed by atoms with van der Waals surface area (Å²) in [6, 6.07) is 14.7. The van der Waals surface area contributed by atoms with Crippen LogP contribution in [0.4, 0.5) is 5.69 Å². The number of nitrogens with zero attached hydrogens (tertiary/aromatic N) is 1. The number of hydrogen-bond acceptors (Lipinski definition) is 8. The number of methoxy groups -OCH3 is 4.